The lowest BCUT2D eigenvalue weighted by Crippen LogP contribution is -2.63. The molecule has 100 valence electrons. The van der Waals surface area contributed by atoms with Crippen LogP contribution < -0.4 is 5.32 Å². The monoisotopic (exact) mass is 238 g/mol. The molecule has 0 aromatic heterocycles. The summed E-state index contributed by atoms with van der Waals surface area (Å²) in [4.78, 5) is 2.74. The van der Waals surface area contributed by atoms with Crippen molar-refractivity contribution < 1.29 is 0 Å². The molecule has 2 atom stereocenters. The lowest BCUT2D eigenvalue weighted by Gasteiger charge is -2.47. The molecule has 0 aromatic carbocycles. The average molecular weight is 238 g/mol. The molecule has 17 heavy (non-hydrogen) atoms. The summed E-state index contributed by atoms with van der Waals surface area (Å²) in [6.07, 6.45) is 7.00. The average Bonchev–Trinajstić information content (AvgIpc) is 2.71. The zero-order chi connectivity index (χ0) is 12.5. The molecule has 2 aliphatic rings. The highest BCUT2D eigenvalue weighted by Crippen LogP contribution is 2.39. The molecule has 2 rings (SSSR count). The Morgan fingerprint density at radius 3 is 2.47 bits per heavy atom. The van der Waals surface area contributed by atoms with Crippen LogP contribution in [-0.4, -0.2) is 36.1 Å². The van der Waals surface area contributed by atoms with E-state index in [0.717, 1.165) is 6.54 Å². The van der Waals surface area contributed by atoms with Crippen molar-refractivity contribution >= 4 is 0 Å². The summed E-state index contributed by atoms with van der Waals surface area (Å²) in [5.74, 6) is 0. The molecule has 0 bridgehead atoms. The molecule has 1 N–H and O–H groups in total. The quantitative estimate of drug-likeness (QED) is 0.813. The van der Waals surface area contributed by atoms with Crippen molar-refractivity contribution in [3.05, 3.63) is 0 Å². The molecule has 2 unspecified atom stereocenters. The van der Waals surface area contributed by atoms with Crippen LogP contribution in [0.15, 0.2) is 0 Å². The molecular formula is C15H30N2. The standard InChI is InChI=1S/C15H30N2/c1-5-15(4)12-17(13(2)10-16-15)11-14(3)8-6-7-9-14/h13,16H,5-12H2,1-4H3. The van der Waals surface area contributed by atoms with Gasteiger partial charge in [0.05, 0.1) is 0 Å². The van der Waals surface area contributed by atoms with Gasteiger partial charge in [-0.15, -0.1) is 0 Å². The first-order valence-corrected chi connectivity index (χ1v) is 7.45. The molecule has 0 spiro atoms. The van der Waals surface area contributed by atoms with Crippen LogP contribution in [0.4, 0.5) is 0 Å². The molecule has 1 saturated carbocycles. The molecule has 1 aliphatic heterocycles. The van der Waals surface area contributed by atoms with E-state index in [0.29, 0.717) is 17.0 Å². The molecule has 0 radical (unpaired) electrons. The highest BCUT2D eigenvalue weighted by molar-refractivity contribution is 4.95. The van der Waals surface area contributed by atoms with Crippen molar-refractivity contribution in [3.63, 3.8) is 0 Å². The summed E-state index contributed by atoms with van der Waals surface area (Å²) in [7, 11) is 0. The van der Waals surface area contributed by atoms with Crippen molar-refractivity contribution in [1.82, 2.24) is 10.2 Å². The summed E-state index contributed by atoms with van der Waals surface area (Å²) in [5, 5.41) is 3.72. The molecule has 1 saturated heterocycles. The summed E-state index contributed by atoms with van der Waals surface area (Å²) >= 11 is 0. The van der Waals surface area contributed by atoms with Gasteiger partial charge in [0.25, 0.3) is 0 Å². The van der Waals surface area contributed by atoms with Gasteiger partial charge in [0, 0.05) is 31.2 Å². The van der Waals surface area contributed by atoms with Gasteiger partial charge < -0.3 is 5.32 Å². The maximum Gasteiger partial charge on any atom is 0.0278 e. The number of hydrogen-bond acceptors (Lipinski definition) is 2. The summed E-state index contributed by atoms with van der Waals surface area (Å²) in [5.41, 5.74) is 0.932. The molecule has 0 amide bonds. The molecule has 0 aromatic rings. The summed E-state index contributed by atoms with van der Waals surface area (Å²) in [6, 6.07) is 0.701. The van der Waals surface area contributed by atoms with Crippen LogP contribution >= 0.6 is 0 Å². The second kappa shape index (κ2) is 4.89. The van der Waals surface area contributed by atoms with Crippen LogP contribution in [0.1, 0.15) is 59.8 Å². The van der Waals surface area contributed by atoms with E-state index in [1.807, 2.05) is 0 Å². The summed E-state index contributed by atoms with van der Waals surface area (Å²) in [6.45, 7) is 13.2. The SMILES string of the molecule is CCC1(C)CN(CC2(C)CCCC2)C(C)CN1. The highest BCUT2D eigenvalue weighted by atomic mass is 15.2. The normalized spacial score (nSPS) is 38.5. The maximum atomic E-state index is 3.72. The lowest BCUT2D eigenvalue weighted by molar-refractivity contribution is 0.0550. The van der Waals surface area contributed by atoms with Gasteiger partial charge in [-0.2, -0.15) is 0 Å². The third-order valence-corrected chi connectivity index (χ3v) is 5.18. The van der Waals surface area contributed by atoms with Crippen LogP contribution in [-0.2, 0) is 0 Å². The van der Waals surface area contributed by atoms with E-state index in [2.05, 4.69) is 37.9 Å². The number of nitrogens with zero attached hydrogens (tertiary/aromatic N) is 1. The lowest BCUT2D eigenvalue weighted by atomic mass is 9.85. The van der Waals surface area contributed by atoms with E-state index < -0.39 is 0 Å². The Labute approximate surface area is 107 Å². The summed E-state index contributed by atoms with van der Waals surface area (Å²) < 4.78 is 0. The Morgan fingerprint density at radius 1 is 1.24 bits per heavy atom. The minimum absolute atomic E-state index is 0.335. The first kappa shape index (κ1) is 13.4. The smallest absolute Gasteiger partial charge is 0.0278 e. The third-order valence-electron chi connectivity index (χ3n) is 5.18. The largest absolute Gasteiger partial charge is 0.309 e. The predicted molar refractivity (Wildman–Crippen MR) is 74.3 cm³/mol. The first-order valence-electron chi connectivity index (χ1n) is 7.45. The van der Waals surface area contributed by atoms with Crippen molar-refractivity contribution in [2.45, 2.75) is 71.4 Å². The number of piperazine rings is 1. The van der Waals surface area contributed by atoms with Gasteiger partial charge in [-0.05, 0) is 38.5 Å². The number of hydrogen-bond donors (Lipinski definition) is 1. The van der Waals surface area contributed by atoms with Crippen LogP contribution in [0.2, 0.25) is 0 Å². The zero-order valence-electron chi connectivity index (χ0n) is 12.2. The highest BCUT2D eigenvalue weighted by Gasteiger charge is 2.37. The molecule has 2 nitrogen and oxygen atoms in total. The molecule has 1 heterocycles. The van der Waals surface area contributed by atoms with E-state index in [-0.39, 0.29) is 0 Å². The predicted octanol–water partition coefficient (Wildman–Crippen LogP) is 3.03. The van der Waals surface area contributed by atoms with Gasteiger partial charge in [0.1, 0.15) is 0 Å². The minimum Gasteiger partial charge on any atom is -0.309 e. The molecule has 2 fully saturated rings. The van der Waals surface area contributed by atoms with Crippen LogP contribution in [0, 0.1) is 5.41 Å². The maximum absolute atomic E-state index is 3.72. The van der Waals surface area contributed by atoms with Gasteiger partial charge in [0.15, 0.2) is 0 Å². The number of rotatable bonds is 3. The van der Waals surface area contributed by atoms with Gasteiger partial charge in [-0.1, -0.05) is 26.7 Å². The van der Waals surface area contributed by atoms with E-state index in [1.165, 1.54) is 45.2 Å². The van der Waals surface area contributed by atoms with Crippen molar-refractivity contribution in [1.29, 1.82) is 0 Å². The third kappa shape index (κ3) is 3.03. The minimum atomic E-state index is 0.335. The fourth-order valence-corrected chi connectivity index (χ4v) is 3.51. The Morgan fingerprint density at radius 2 is 1.88 bits per heavy atom. The fourth-order valence-electron chi connectivity index (χ4n) is 3.51. The number of nitrogens with one attached hydrogen (secondary N) is 1. The van der Waals surface area contributed by atoms with Crippen LogP contribution in [0.5, 0.6) is 0 Å². The van der Waals surface area contributed by atoms with E-state index in [9.17, 15) is 0 Å². The van der Waals surface area contributed by atoms with E-state index in [1.54, 1.807) is 0 Å². The van der Waals surface area contributed by atoms with Crippen molar-refractivity contribution in [2.75, 3.05) is 19.6 Å². The van der Waals surface area contributed by atoms with Gasteiger partial charge in [0.2, 0.25) is 0 Å². The van der Waals surface area contributed by atoms with Gasteiger partial charge >= 0.3 is 0 Å². The Kier molecular flexibility index (Phi) is 3.84. The van der Waals surface area contributed by atoms with E-state index >= 15 is 0 Å². The van der Waals surface area contributed by atoms with Crippen molar-refractivity contribution in [3.8, 4) is 0 Å². The Hall–Kier alpha value is -0.0800. The Bertz CT molecular complexity index is 258. The topological polar surface area (TPSA) is 15.3 Å². The Balaban J connectivity index is 1.98. The molecule has 1 aliphatic carbocycles. The van der Waals surface area contributed by atoms with Crippen LogP contribution in [0.3, 0.4) is 0 Å². The van der Waals surface area contributed by atoms with Gasteiger partial charge in [-0.25, -0.2) is 0 Å². The van der Waals surface area contributed by atoms with Crippen LogP contribution in [0.25, 0.3) is 0 Å². The second-order valence-electron chi connectivity index (χ2n) is 7.07. The van der Waals surface area contributed by atoms with E-state index in [4.69, 9.17) is 0 Å². The first-order chi connectivity index (χ1) is 7.96. The molecule has 2 heteroatoms. The fraction of sp³-hybridized carbons (Fsp3) is 1.00. The molecular weight excluding hydrogens is 208 g/mol. The zero-order valence-corrected chi connectivity index (χ0v) is 12.2. The second-order valence-corrected chi connectivity index (χ2v) is 7.07. The van der Waals surface area contributed by atoms with Gasteiger partial charge in [-0.3, -0.25) is 4.90 Å². The van der Waals surface area contributed by atoms with Crippen molar-refractivity contribution in [2.24, 2.45) is 5.41 Å².